The van der Waals surface area contributed by atoms with E-state index in [1.807, 2.05) is 30.0 Å². The highest BCUT2D eigenvalue weighted by molar-refractivity contribution is 6.74. The third-order valence-electron chi connectivity index (χ3n) is 6.42. The normalized spacial score (nSPS) is 18.1. The lowest BCUT2D eigenvalue weighted by molar-refractivity contribution is -0.135. The van der Waals surface area contributed by atoms with E-state index in [2.05, 4.69) is 51.8 Å². The molecule has 6 heteroatoms. The first-order chi connectivity index (χ1) is 14.5. The lowest BCUT2D eigenvalue weighted by Crippen LogP contribution is -2.41. The van der Waals surface area contributed by atoms with Gasteiger partial charge in [-0.25, -0.2) is 0 Å². The van der Waals surface area contributed by atoms with E-state index in [-0.39, 0.29) is 23.1 Å². The van der Waals surface area contributed by atoms with Crippen molar-refractivity contribution >= 4 is 19.9 Å². The number of anilines is 1. The van der Waals surface area contributed by atoms with Crippen LogP contribution in [0.4, 0.5) is 5.69 Å². The van der Waals surface area contributed by atoms with E-state index in [0.29, 0.717) is 39.0 Å². The number of nitrogen functional groups attached to an aromatic ring is 1. The van der Waals surface area contributed by atoms with Crippen LogP contribution in [-0.4, -0.2) is 45.1 Å². The molecule has 2 atom stereocenters. The van der Waals surface area contributed by atoms with Gasteiger partial charge >= 0.3 is 0 Å². The monoisotopic (exact) mass is 444 g/mol. The number of hydrogen-bond acceptors (Lipinski definition) is 4. The lowest BCUT2D eigenvalue weighted by atomic mass is 9.96. The van der Waals surface area contributed by atoms with Gasteiger partial charge in [0.05, 0.1) is 0 Å². The number of likely N-dealkylation sites (tertiary alicyclic amines) is 1. The largest absolute Gasteiger partial charge is 0.416 e. The molecule has 2 unspecified atom stereocenters. The molecule has 1 aliphatic heterocycles. The van der Waals surface area contributed by atoms with Crippen LogP contribution in [0.15, 0.2) is 24.3 Å². The van der Waals surface area contributed by atoms with Gasteiger partial charge in [-0.1, -0.05) is 32.9 Å². The van der Waals surface area contributed by atoms with Crippen molar-refractivity contribution in [1.29, 1.82) is 0 Å². The second-order valence-corrected chi connectivity index (χ2v) is 14.6. The van der Waals surface area contributed by atoms with Crippen LogP contribution in [0.5, 0.6) is 0 Å². The number of nitrogens with two attached hydrogens (primary N) is 1. The van der Waals surface area contributed by atoms with Crippen molar-refractivity contribution in [2.75, 3.05) is 25.5 Å². The summed E-state index contributed by atoms with van der Waals surface area (Å²) in [7, 11) is -1.85. The molecular weight excluding hydrogens is 404 g/mol. The predicted molar refractivity (Wildman–Crippen MR) is 130 cm³/mol. The topological polar surface area (TPSA) is 64.8 Å². The van der Waals surface area contributed by atoms with E-state index in [1.54, 1.807) is 0 Å². The summed E-state index contributed by atoms with van der Waals surface area (Å²) in [4.78, 5) is 13.9. The van der Waals surface area contributed by atoms with Crippen LogP contribution in [0.3, 0.4) is 0 Å². The van der Waals surface area contributed by atoms with Crippen LogP contribution >= 0.6 is 0 Å². The third kappa shape index (κ3) is 7.38. The molecule has 1 aromatic carbocycles. The third-order valence-corrected chi connectivity index (χ3v) is 10.9. The van der Waals surface area contributed by atoms with Crippen molar-refractivity contribution in [3.8, 4) is 11.8 Å². The number of benzene rings is 1. The van der Waals surface area contributed by atoms with Crippen LogP contribution in [0.25, 0.3) is 0 Å². The van der Waals surface area contributed by atoms with Gasteiger partial charge < -0.3 is 19.8 Å². The van der Waals surface area contributed by atoms with Crippen molar-refractivity contribution in [3.63, 3.8) is 0 Å². The number of carbonyl (C=O) groups excluding carboxylic acids is 1. The highest BCUT2D eigenvalue weighted by atomic mass is 28.4. The Morgan fingerprint density at radius 2 is 2.03 bits per heavy atom. The maximum absolute atomic E-state index is 12.1. The molecule has 5 nitrogen and oxygen atoms in total. The SMILES string of the molecule is CCOC1CCC(=O)N1CCC#CCC(CO[Si](C)(C)C(C)(C)C)c1cccc(N)c1. The summed E-state index contributed by atoms with van der Waals surface area (Å²) in [6, 6.07) is 8.03. The quantitative estimate of drug-likeness (QED) is 0.325. The summed E-state index contributed by atoms with van der Waals surface area (Å²) >= 11 is 0. The molecule has 0 aliphatic carbocycles. The van der Waals surface area contributed by atoms with Crippen LogP contribution < -0.4 is 5.73 Å². The lowest BCUT2D eigenvalue weighted by Gasteiger charge is -2.37. The number of nitrogens with zero attached hydrogens (tertiary/aromatic N) is 1. The smallest absolute Gasteiger partial charge is 0.224 e. The minimum Gasteiger partial charge on any atom is -0.416 e. The van der Waals surface area contributed by atoms with E-state index >= 15 is 0 Å². The van der Waals surface area contributed by atoms with Crippen molar-refractivity contribution < 1.29 is 14.0 Å². The molecule has 0 radical (unpaired) electrons. The fourth-order valence-corrected chi connectivity index (χ4v) is 4.46. The molecule has 1 aromatic rings. The van der Waals surface area contributed by atoms with Crippen LogP contribution in [0, 0.1) is 11.8 Å². The van der Waals surface area contributed by atoms with Gasteiger partial charge in [-0.3, -0.25) is 4.79 Å². The number of carbonyl (C=O) groups is 1. The maximum Gasteiger partial charge on any atom is 0.224 e. The summed E-state index contributed by atoms with van der Waals surface area (Å²) in [6.45, 7) is 15.2. The van der Waals surface area contributed by atoms with E-state index in [9.17, 15) is 4.79 Å². The zero-order valence-electron chi connectivity index (χ0n) is 20.2. The van der Waals surface area contributed by atoms with Gasteiger partial charge in [-0.05, 0) is 42.8 Å². The fraction of sp³-hybridized carbons (Fsp3) is 0.640. The molecule has 1 heterocycles. The van der Waals surface area contributed by atoms with Crippen molar-refractivity contribution in [1.82, 2.24) is 4.90 Å². The highest BCUT2D eigenvalue weighted by Gasteiger charge is 2.37. The van der Waals surface area contributed by atoms with Crippen molar-refractivity contribution in [3.05, 3.63) is 29.8 Å². The number of amides is 1. The number of hydrogen-bond donors (Lipinski definition) is 1. The van der Waals surface area contributed by atoms with E-state index < -0.39 is 8.32 Å². The Hall–Kier alpha value is -1.81. The average molecular weight is 445 g/mol. The minimum atomic E-state index is -1.85. The summed E-state index contributed by atoms with van der Waals surface area (Å²) in [5.41, 5.74) is 7.95. The second-order valence-electron chi connectivity index (χ2n) is 9.78. The fourth-order valence-electron chi connectivity index (χ4n) is 3.41. The molecule has 31 heavy (non-hydrogen) atoms. The summed E-state index contributed by atoms with van der Waals surface area (Å²) in [6.07, 6.45) is 2.63. The van der Waals surface area contributed by atoms with Crippen molar-refractivity contribution in [2.24, 2.45) is 0 Å². The molecule has 0 spiro atoms. The molecule has 2 N–H and O–H groups in total. The maximum atomic E-state index is 12.1. The molecule has 0 aromatic heterocycles. The summed E-state index contributed by atoms with van der Waals surface area (Å²) < 4.78 is 12.2. The van der Waals surface area contributed by atoms with Gasteiger partial charge in [0.2, 0.25) is 5.91 Å². The predicted octanol–water partition coefficient (Wildman–Crippen LogP) is 5.14. The van der Waals surface area contributed by atoms with Crippen LogP contribution in [0.1, 0.15) is 64.9 Å². The Balaban J connectivity index is 2.00. The molecular formula is C25H40N2O3Si. The molecule has 172 valence electrons. The van der Waals surface area contributed by atoms with Gasteiger partial charge in [0, 0.05) is 57.0 Å². The van der Waals surface area contributed by atoms with Gasteiger partial charge in [0.25, 0.3) is 0 Å². The first-order valence-corrected chi connectivity index (χ1v) is 14.3. The molecule has 2 rings (SSSR count). The molecule has 1 aliphatic rings. The van der Waals surface area contributed by atoms with Crippen molar-refractivity contribution in [2.45, 2.75) is 83.7 Å². The first-order valence-electron chi connectivity index (χ1n) is 11.4. The van der Waals surface area contributed by atoms with Crippen LogP contribution in [0.2, 0.25) is 18.1 Å². The highest BCUT2D eigenvalue weighted by Crippen LogP contribution is 2.37. The zero-order valence-corrected chi connectivity index (χ0v) is 21.2. The van der Waals surface area contributed by atoms with Gasteiger partial charge in [0.1, 0.15) is 6.23 Å². The molecule has 1 saturated heterocycles. The number of ether oxygens (including phenoxy) is 1. The van der Waals surface area contributed by atoms with Gasteiger partial charge in [-0.15, -0.1) is 11.8 Å². The zero-order chi connectivity index (χ0) is 23.1. The van der Waals surface area contributed by atoms with Gasteiger partial charge in [0.15, 0.2) is 8.32 Å². The molecule has 0 saturated carbocycles. The molecule has 0 bridgehead atoms. The Kier molecular flexibility index (Phi) is 9.17. The Labute approximate surface area is 189 Å². The van der Waals surface area contributed by atoms with E-state index in [4.69, 9.17) is 14.9 Å². The van der Waals surface area contributed by atoms with Crippen LogP contribution in [-0.2, 0) is 14.0 Å². The standard InChI is InChI=1S/C25H40N2O3Si/c1-7-29-24-16-15-23(28)27(24)17-10-8-9-12-21(20-13-11-14-22(26)18-20)19-30-31(5,6)25(2,3)4/h11,13-14,18,21,24H,7,10,12,15-17,19,26H2,1-6H3. The average Bonchev–Trinajstić information content (AvgIpc) is 3.03. The molecule has 1 fully saturated rings. The summed E-state index contributed by atoms with van der Waals surface area (Å²) in [5, 5.41) is 0.165. The Bertz CT molecular complexity index is 792. The first kappa shape index (κ1) is 25.4. The second kappa shape index (κ2) is 11.2. The minimum absolute atomic E-state index is 0.0858. The number of rotatable bonds is 9. The Morgan fingerprint density at radius 3 is 2.68 bits per heavy atom. The van der Waals surface area contributed by atoms with Gasteiger partial charge in [-0.2, -0.15) is 0 Å². The summed E-state index contributed by atoms with van der Waals surface area (Å²) in [5.74, 6) is 6.94. The van der Waals surface area contributed by atoms with E-state index in [0.717, 1.165) is 12.1 Å². The Morgan fingerprint density at radius 1 is 1.29 bits per heavy atom. The van der Waals surface area contributed by atoms with E-state index in [1.165, 1.54) is 5.56 Å². The molecule has 1 amide bonds.